The van der Waals surface area contributed by atoms with Crippen molar-refractivity contribution in [3.05, 3.63) is 71.3 Å². The third-order valence-electron chi connectivity index (χ3n) is 5.13. The lowest BCUT2D eigenvalue weighted by Crippen LogP contribution is -2.50. The molecule has 5 nitrogen and oxygen atoms in total. The first-order valence-corrected chi connectivity index (χ1v) is 10.8. The Bertz CT molecular complexity index is 899. The molecule has 0 radical (unpaired) electrons. The second kappa shape index (κ2) is 8.66. The molecule has 0 bridgehead atoms. The molecule has 6 heteroatoms. The molecule has 0 aromatic heterocycles. The Morgan fingerprint density at radius 2 is 1.63 bits per heavy atom. The highest BCUT2D eigenvalue weighted by Crippen LogP contribution is 2.25. The minimum atomic E-state index is -3.29. The molecule has 3 rings (SSSR count). The number of aryl methyl sites for hydroxylation is 2. The minimum Gasteiger partial charge on any atom is -0.282 e. The number of hydrogen-bond donors (Lipinski definition) is 0. The number of nitriles is 1. The fourth-order valence-corrected chi connectivity index (χ4v) is 4.97. The molecule has 2 aromatic rings. The maximum absolute atomic E-state index is 12.7. The van der Waals surface area contributed by atoms with Crippen LogP contribution in [0.4, 0.5) is 0 Å². The summed E-state index contributed by atoms with van der Waals surface area (Å²) in [5.74, 6) is 0.122. The molecule has 1 atom stereocenters. The molecule has 0 amide bonds. The Hall–Kier alpha value is -2.20. The summed E-state index contributed by atoms with van der Waals surface area (Å²) in [6.07, 6.45) is 0.521. The molecule has 1 aliphatic rings. The molecule has 1 unspecified atom stereocenters. The third-order valence-corrected chi connectivity index (χ3v) is 7.00. The number of benzene rings is 2. The summed E-state index contributed by atoms with van der Waals surface area (Å²) in [7, 11) is -3.29. The van der Waals surface area contributed by atoms with E-state index in [2.05, 4.69) is 11.0 Å². The van der Waals surface area contributed by atoms with Crippen LogP contribution in [0.5, 0.6) is 0 Å². The molecule has 0 saturated carbocycles. The largest absolute Gasteiger partial charge is 0.282 e. The summed E-state index contributed by atoms with van der Waals surface area (Å²) in [4.78, 5) is 2.07. The van der Waals surface area contributed by atoms with Crippen LogP contribution in [-0.2, 0) is 16.4 Å². The molecule has 142 valence electrons. The molecular formula is C21H25N3O2S. The summed E-state index contributed by atoms with van der Waals surface area (Å²) in [5, 5.41) is 9.67. The first kappa shape index (κ1) is 19.6. The van der Waals surface area contributed by atoms with Crippen molar-refractivity contribution in [2.24, 2.45) is 0 Å². The highest BCUT2D eigenvalue weighted by molar-refractivity contribution is 7.89. The minimum absolute atomic E-state index is 0.122. The number of sulfonamides is 1. The molecule has 1 fully saturated rings. The zero-order chi connectivity index (χ0) is 19.3. The van der Waals surface area contributed by atoms with E-state index in [1.54, 1.807) is 4.31 Å². The monoisotopic (exact) mass is 383 g/mol. The van der Waals surface area contributed by atoms with Crippen LogP contribution < -0.4 is 0 Å². The van der Waals surface area contributed by atoms with Crippen molar-refractivity contribution in [2.75, 3.05) is 31.9 Å². The van der Waals surface area contributed by atoms with Gasteiger partial charge in [-0.15, -0.1) is 0 Å². The molecule has 1 heterocycles. The van der Waals surface area contributed by atoms with Gasteiger partial charge in [-0.1, -0.05) is 54.6 Å². The Labute approximate surface area is 161 Å². The number of hydrogen-bond acceptors (Lipinski definition) is 4. The molecule has 0 N–H and O–H groups in total. The van der Waals surface area contributed by atoms with Gasteiger partial charge in [-0.2, -0.15) is 9.57 Å². The maximum Gasteiger partial charge on any atom is 0.214 e. The lowest BCUT2D eigenvalue weighted by atomic mass is 10.0. The van der Waals surface area contributed by atoms with Gasteiger partial charge < -0.3 is 0 Å². The molecule has 2 aromatic carbocycles. The Morgan fingerprint density at radius 1 is 1.00 bits per heavy atom. The summed E-state index contributed by atoms with van der Waals surface area (Å²) in [5.41, 5.74) is 3.12. The van der Waals surface area contributed by atoms with Gasteiger partial charge >= 0.3 is 0 Å². The average Bonchev–Trinajstić information content (AvgIpc) is 2.70. The second-order valence-electron chi connectivity index (χ2n) is 6.87. The average molecular weight is 384 g/mol. The van der Waals surface area contributed by atoms with Crippen LogP contribution in [0.15, 0.2) is 54.6 Å². The van der Waals surface area contributed by atoms with Crippen LogP contribution in [0.1, 0.15) is 22.7 Å². The van der Waals surface area contributed by atoms with Gasteiger partial charge in [0.25, 0.3) is 0 Å². The molecule has 27 heavy (non-hydrogen) atoms. The van der Waals surface area contributed by atoms with Gasteiger partial charge in [-0.05, 0) is 30.0 Å². The van der Waals surface area contributed by atoms with E-state index >= 15 is 0 Å². The van der Waals surface area contributed by atoms with E-state index in [1.165, 1.54) is 0 Å². The van der Waals surface area contributed by atoms with Gasteiger partial charge in [0.2, 0.25) is 10.0 Å². The van der Waals surface area contributed by atoms with Gasteiger partial charge in [0.05, 0.1) is 11.8 Å². The van der Waals surface area contributed by atoms with Crippen LogP contribution >= 0.6 is 0 Å². The standard InChI is InChI=1S/C21H25N3O2S/c1-18-7-5-6-10-20(18)21(17-22)23-12-14-24(15-13-23)27(25,26)16-11-19-8-3-2-4-9-19/h2-10,21H,11-16H2,1H3. The number of rotatable bonds is 6. The maximum atomic E-state index is 12.7. The molecule has 1 saturated heterocycles. The lowest BCUT2D eigenvalue weighted by Gasteiger charge is -2.36. The molecular weight excluding hydrogens is 358 g/mol. The van der Waals surface area contributed by atoms with Crippen LogP contribution in [0.25, 0.3) is 0 Å². The fourth-order valence-electron chi connectivity index (χ4n) is 3.50. The van der Waals surface area contributed by atoms with E-state index in [9.17, 15) is 13.7 Å². The SMILES string of the molecule is Cc1ccccc1C(C#N)N1CCN(S(=O)(=O)CCc2ccccc2)CC1. The van der Waals surface area contributed by atoms with Gasteiger partial charge in [-0.25, -0.2) is 8.42 Å². The number of nitrogens with zero attached hydrogens (tertiary/aromatic N) is 3. The van der Waals surface area contributed by atoms with Crippen LogP contribution in [0, 0.1) is 18.3 Å². The normalized spacial score (nSPS) is 17.3. The van der Waals surface area contributed by atoms with Crippen molar-refractivity contribution in [1.29, 1.82) is 5.26 Å². The smallest absolute Gasteiger partial charge is 0.214 e. The van der Waals surface area contributed by atoms with Gasteiger partial charge in [0, 0.05) is 26.2 Å². The second-order valence-corrected chi connectivity index (χ2v) is 8.96. The fraction of sp³-hybridized carbons (Fsp3) is 0.381. The number of piperazine rings is 1. The van der Waals surface area contributed by atoms with E-state index in [4.69, 9.17) is 0 Å². The molecule has 1 aliphatic heterocycles. The highest BCUT2D eigenvalue weighted by Gasteiger charge is 2.30. The molecule has 0 aliphatic carbocycles. The summed E-state index contributed by atoms with van der Waals surface area (Å²) in [6, 6.07) is 19.6. The summed E-state index contributed by atoms with van der Waals surface area (Å²) in [6.45, 7) is 4.00. The van der Waals surface area contributed by atoms with Crippen LogP contribution in [-0.4, -0.2) is 49.6 Å². The van der Waals surface area contributed by atoms with Gasteiger partial charge in [0.1, 0.15) is 6.04 Å². The van der Waals surface area contributed by atoms with E-state index in [1.807, 2.05) is 61.5 Å². The van der Waals surface area contributed by atoms with Crippen molar-refractivity contribution >= 4 is 10.0 Å². The highest BCUT2D eigenvalue weighted by atomic mass is 32.2. The van der Waals surface area contributed by atoms with Crippen molar-refractivity contribution in [1.82, 2.24) is 9.21 Å². The van der Waals surface area contributed by atoms with Gasteiger partial charge in [0.15, 0.2) is 0 Å². The topological polar surface area (TPSA) is 64.4 Å². The Morgan fingerprint density at radius 3 is 2.26 bits per heavy atom. The van der Waals surface area contributed by atoms with E-state index in [0.29, 0.717) is 32.6 Å². The van der Waals surface area contributed by atoms with Crippen LogP contribution in [0.3, 0.4) is 0 Å². The quantitative estimate of drug-likeness (QED) is 0.769. The van der Waals surface area contributed by atoms with E-state index in [-0.39, 0.29) is 11.8 Å². The summed E-state index contributed by atoms with van der Waals surface area (Å²) < 4.78 is 26.9. The van der Waals surface area contributed by atoms with E-state index < -0.39 is 10.0 Å². The summed E-state index contributed by atoms with van der Waals surface area (Å²) >= 11 is 0. The zero-order valence-electron chi connectivity index (χ0n) is 15.6. The van der Waals surface area contributed by atoms with Crippen molar-refractivity contribution in [3.8, 4) is 6.07 Å². The van der Waals surface area contributed by atoms with Crippen molar-refractivity contribution < 1.29 is 8.42 Å². The Kier molecular flexibility index (Phi) is 6.27. The predicted octanol–water partition coefficient (Wildman–Crippen LogP) is 2.75. The molecule has 0 spiro atoms. The van der Waals surface area contributed by atoms with Crippen molar-refractivity contribution in [2.45, 2.75) is 19.4 Å². The third kappa shape index (κ3) is 4.75. The Balaban J connectivity index is 1.61. The van der Waals surface area contributed by atoms with Gasteiger partial charge in [-0.3, -0.25) is 4.90 Å². The van der Waals surface area contributed by atoms with Crippen LogP contribution in [0.2, 0.25) is 0 Å². The van der Waals surface area contributed by atoms with E-state index in [0.717, 1.165) is 16.7 Å². The first-order chi connectivity index (χ1) is 13.0. The lowest BCUT2D eigenvalue weighted by molar-refractivity contribution is 0.162. The zero-order valence-corrected chi connectivity index (χ0v) is 16.4. The van der Waals surface area contributed by atoms with Crippen molar-refractivity contribution in [3.63, 3.8) is 0 Å². The predicted molar refractivity (Wildman–Crippen MR) is 107 cm³/mol. The first-order valence-electron chi connectivity index (χ1n) is 9.22.